The highest BCUT2D eigenvalue weighted by atomic mass is 32.2. The van der Waals surface area contributed by atoms with Gasteiger partial charge in [-0.3, -0.25) is 9.00 Å². The highest BCUT2D eigenvalue weighted by molar-refractivity contribution is 7.99. The number of unbranched alkanes of at least 4 members (excludes halogenated alkanes) is 1. The van der Waals surface area contributed by atoms with Crippen LogP contribution in [0, 0.1) is 0 Å². The van der Waals surface area contributed by atoms with E-state index in [1.807, 2.05) is 31.2 Å². The van der Waals surface area contributed by atoms with E-state index < -0.39 is 9.52 Å². The van der Waals surface area contributed by atoms with Gasteiger partial charge in [-0.15, -0.1) is 0 Å². The first-order valence-electron chi connectivity index (χ1n) is 7.89. The smallest absolute Gasteiger partial charge is 0.160 e. The molecule has 0 aliphatic carbocycles. The summed E-state index contributed by atoms with van der Waals surface area (Å²) in [6.45, 7) is 16.1. The molecule has 1 atom stereocenters. The number of carbonyl (C=O) groups excluding carboxylic acids is 1. The van der Waals surface area contributed by atoms with E-state index in [0.717, 1.165) is 35.3 Å². The van der Waals surface area contributed by atoms with Crippen molar-refractivity contribution >= 4 is 26.7 Å². The molecule has 0 spiro atoms. The zero-order valence-electron chi connectivity index (χ0n) is 15.6. The number of Topliss-reactive ketones (excluding diaryl/α,β-unsaturated/α-hetero) is 1. The Bertz CT molecular complexity index is 599. The maximum absolute atomic E-state index is 11.1. The molecule has 134 valence electrons. The van der Waals surface area contributed by atoms with Crippen LogP contribution in [0.1, 0.15) is 49.5 Å². The lowest BCUT2D eigenvalue weighted by molar-refractivity contribution is 0.101. The SMILES string of the molecule is C=C(C)c1ccccc1C(C)=O.C=CC=C.C=S(C)(=O)CCCC. The summed E-state index contributed by atoms with van der Waals surface area (Å²) >= 11 is 0. The van der Waals surface area contributed by atoms with Crippen LogP contribution in [0.4, 0.5) is 0 Å². The predicted molar refractivity (Wildman–Crippen MR) is 113 cm³/mol. The summed E-state index contributed by atoms with van der Waals surface area (Å²) in [6.07, 6.45) is 7.14. The van der Waals surface area contributed by atoms with Crippen molar-refractivity contribution in [2.24, 2.45) is 0 Å². The number of carbonyl (C=O) groups is 1. The molecule has 0 fully saturated rings. The Morgan fingerprint density at radius 2 is 1.58 bits per heavy atom. The van der Waals surface area contributed by atoms with Gasteiger partial charge in [-0.25, -0.2) is 0 Å². The summed E-state index contributed by atoms with van der Waals surface area (Å²) < 4.78 is 10.8. The third-order valence-corrected chi connectivity index (χ3v) is 4.01. The average Bonchev–Trinajstić information content (AvgIpc) is 2.53. The Morgan fingerprint density at radius 1 is 1.12 bits per heavy atom. The minimum Gasteiger partial charge on any atom is -0.294 e. The van der Waals surface area contributed by atoms with Gasteiger partial charge >= 0.3 is 0 Å². The molecule has 0 amide bonds. The van der Waals surface area contributed by atoms with Crippen LogP contribution in [-0.4, -0.2) is 27.9 Å². The molecule has 3 heteroatoms. The molecule has 1 rings (SSSR count). The summed E-state index contributed by atoms with van der Waals surface area (Å²) in [5.41, 5.74) is 2.64. The van der Waals surface area contributed by atoms with Crippen LogP contribution in [0.2, 0.25) is 0 Å². The summed E-state index contributed by atoms with van der Waals surface area (Å²) in [7, 11) is -1.69. The first kappa shape index (κ1) is 24.4. The molecule has 2 nitrogen and oxygen atoms in total. The molecule has 24 heavy (non-hydrogen) atoms. The van der Waals surface area contributed by atoms with Crippen LogP contribution in [0.15, 0.2) is 56.2 Å². The van der Waals surface area contributed by atoms with Gasteiger partial charge in [0.15, 0.2) is 5.78 Å². The first-order valence-corrected chi connectivity index (χ1v) is 10.2. The molecule has 0 saturated heterocycles. The standard InChI is InChI=1S/C11H12O.C6H14OS.C4H6/c1-8(2)10-6-4-5-7-11(10)9(3)12;1-4-5-6-8(2,3)7;1-3-4-2/h4-7H,1H2,2-3H3;2,4-6H2,1,3H3;3-4H,1-2H2. The Morgan fingerprint density at radius 3 is 1.79 bits per heavy atom. The normalized spacial score (nSPS) is 11.5. The molecule has 0 radical (unpaired) electrons. The lowest BCUT2D eigenvalue weighted by Gasteiger charge is -2.04. The maximum Gasteiger partial charge on any atom is 0.160 e. The van der Waals surface area contributed by atoms with Gasteiger partial charge in [0, 0.05) is 17.6 Å². The highest BCUT2D eigenvalue weighted by Crippen LogP contribution is 2.16. The van der Waals surface area contributed by atoms with E-state index in [1.54, 1.807) is 25.3 Å². The van der Waals surface area contributed by atoms with Crippen LogP contribution in [0.3, 0.4) is 0 Å². The number of hydrogen-bond donors (Lipinski definition) is 0. The topological polar surface area (TPSA) is 34.1 Å². The molecule has 0 aliphatic heterocycles. The number of hydrogen-bond acceptors (Lipinski definition) is 2. The molecule has 0 aromatic heterocycles. The first-order chi connectivity index (χ1) is 11.1. The Hall–Kier alpha value is -1.87. The van der Waals surface area contributed by atoms with Gasteiger partial charge in [-0.2, -0.15) is 0 Å². The second-order valence-electron chi connectivity index (χ2n) is 5.60. The van der Waals surface area contributed by atoms with Crippen molar-refractivity contribution in [3.8, 4) is 0 Å². The Balaban J connectivity index is 0. The van der Waals surface area contributed by atoms with Crippen molar-refractivity contribution in [3.63, 3.8) is 0 Å². The van der Waals surface area contributed by atoms with Gasteiger partial charge in [0.25, 0.3) is 0 Å². The quantitative estimate of drug-likeness (QED) is 0.391. The number of rotatable bonds is 6. The molecular weight excluding hydrogens is 316 g/mol. The molecule has 0 bridgehead atoms. The van der Waals surface area contributed by atoms with Crippen LogP contribution in [0.25, 0.3) is 5.57 Å². The fourth-order valence-electron chi connectivity index (χ4n) is 1.61. The molecule has 0 heterocycles. The molecule has 1 unspecified atom stereocenters. The van der Waals surface area contributed by atoms with Crippen molar-refractivity contribution in [1.82, 2.24) is 0 Å². The van der Waals surface area contributed by atoms with E-state index in [1.165, 1.54) is 0 Å². The fourth-order valence-corrected chi connectivity index (χ4v) is 2.51. The van der Waals surface area contributed by atoms with Crippen molar-refractivity contribution < 1.29 is 9.00 Å². The van der Waals surface area contributed by atoms with Gasteiger partial charge in [0.05, 0.1) is 0 Å². The van der Waals surface area contributed by atoms with Crippen molar-refractivity contribution in [3.05, 3.63) is 67.3 Å². The largest absolute Gasteiger partial charge is 0.294 e. The fraction of sp³-hybridized carbons (Fsp3) is 0.333. The van der Waals surface area contributed by atoms with E-state index >= 15 is 0 Å². The average molecular weight is 349 g/mol. The number of allylic oxidation sites excluding steroid dienone is 3. The Kier molecular flexibility index (Phi) is 13.8. The molecule has 0 aliphatic rings. The van der Waals surface area contributed by atoms with E-state index in [-0.39, 0.29) is 5.78 Å². The summed E-state index contributed by atoms with van der Waals surface area (Å²) in [5.74, 6) is 4.41. The van der Waals surface area contributed by atoms with E-state index in [4.69, 9.17) is 0 Å². The molecule has 1 aromatic carbocycles. The minimum atomic E-state index is -1.69. The molecular formula is C21H32O2S. The van der Waals surface area contributed by atoms with Gasteiger partial charge in [-0.1, -0.05) is 75.1 Å². The summed E-state index contributed by atoms with van der Waals surface area (Å²) in [4.78, 5) is 11.1. The van der Waals surface area contributed by atoms with E-state index in [2.05, 4.69) is 32.5 Å². The second kappa shape index (κ2) is 13.6. The van der Waals surface area contributed by atoms with Crippen LogP contribution >= 0.6 is 0 Å². The zero-order chi connectivity index (χ0) is 19.2. The van der Waals surface area contributed by atoms with Crippen molar-refractivity contribution in [1.29, 1.82) is 0 Å². The van der Waals surface area contributed by atoms with Crippen LogP contribution in [0.5, 0.6) is 0 Å². The lowest BCUT2D eigenvalue weighted by atomic mass is 10.00. The Labute approximate surface area is 149 Å². The zero-order valence-corrected chi connectivity index (χ0v) is 16.5. The van der Waals surface area contributed by atoms with Gasteiger partial charge < -0.3 is 0 Å². The second-order valence-corrected chi connectivity index (χ2v) is 8.37. The number of ketones is 1. The van der Waals surface area contributed by atoms with E-state index in [9.17, 15) is 9.00 Å². The van der Waals surface area contributed by atoms with Crippen molar-refractivity contribution in [2.75, 3.05) is 12.0 Å². The monoisotopic (exact) mass is 348 g/mol. The third-order valence-electron chi connectivity index (χ3n) is 2.86. The van der Waals surface area contributed by atoms with Crippen LogP contribution < -0.4 is 0 Å². The van der Waals surface area contributed by atoms with Crippen LogP contribution in [-0.2, 0) is 9.52 Å². The third kappa shape index (κ3) is 13.8. The van der Waals surface area contributed by atoms with Crippen molar-refractivity contribution in [2.45, 2.75) is 33.6 Å². The molecule has 0 N–H and O–H groups in total. The number of benzene rings is 1. The minimum absolute atomic E-state index is 0.0913. The highest BCUT2D eigenvalue weighted by Gasteiger charge is 2.05. The molecule has 0 saturated carbocycles. The van der Waals surface area contributed by atoms with Gasteiger partial charge in [0.2, 0.25) is 0 Å². The molecule has 1 aromatic rings. The lowest BCUT2D eigenvalue weighted by Crippen LogP contribution is -2.01. The maximum atomic E-state index is 11.1. The summed E-state index contributed by atoms with van der Waals surface area (Å²) in [6, 6.07) is 7.52. The van der Waals surface area contributed by atoms with E-state index in [0.29, 0.717) is 0 Å². The van der Waals surface area contributed by atoms with Gasteiger partial charge in [0.1, 0.15) is 0 Å². The summed E-state index contributed by atoms with van der Waals surface area (Å²) in [5, 5.41) is 0. The van der Waals surface area contributed by atoms with Gasteiger partial charge in [-0.05, 0) is 41.2 Å². The predicted octanol–water partition coefficient (Wildman–Crippen LogP) is 5.41.